The standard InChI is InChI=1S/C12H11BrClN3/c1-7-3-4-10(9(13)5-7)17-12-8(2)11(14)15-6-16-12/h3-6H,1-2H3,(H,15,16,17). The molecule has 2 rings (SSSR count). The highest BCUT2D eigenvalue weighted by molar-refractivity contribution is 9.10. The second kappa shape index (κ2) is 5.02. The number of hydrogen-bond donors (Lipinski definition) is 1. The van der Waals surface area contributed by atoms with Crippen LogP contribution in [-0.2, 0) is 0 Å². The van der Waals surface area contributed by atoms with Crippen LogP contribution in [0.2, 0.25) is 5.15 Å². The molecular formula is C12H11BrClN3. The van der Waals surface area contributed by atoms with Gasteiger partial charge in [0.05, 0.1) is 5.69 Å². The van der Waals surface area contributed by atoms with Gasteiger partial charge in [0.1, 0.15) is 17.3 Å². The van der Waals surface area contributed by atoms with Crippen molar-refractivity contribution >= 4 is 39.0 Å². The molecule has 1 aromatic heterocycles. The number of aryl methyl sites for hydroxylation is 1. The van der Waals surface area contributed by atoms with E-state index in [0.717, 1.165) is 21.5 Å². The van der Waals surface area contributed by atoms with Crippen LogP contribution in [-0.4, -0.2) is 9.97 Å². The zero-order chi connectivity index (χ0) is 12.4. The van der Waals surface area contributed by atoms with Crippen molar-refractivity contribution in [3.63, 3.8) is 0 Å². The highest BCUT2D eigenvalue weighted by atomic mass is 79.9. The number of rotatable bonds is 2. The quantitative estimate of drug-likeness (QED) is 0.842. The maximum atomic E-state index is 5.94. The van der Waals surface area contributed by atoms with Gasteiger partial charge in [-0.15, -0.1) is 0 Å². The van der Waals surface area contributed by atoms with Crippen LogP contribution in [0.5, 0.6) is 0 Å². The summed E-state index contributed by atoms with van der Waals surface area (Å²) >= 11 is 9.45. The molecule has 0 unspecified atom stereocenters. The van der Waals surface area contributed by atoms with Crippen molar-refractivity contribution < 1.29 is 0 Å². The summed E-state index contributed by atoms with van der Waals surface area (Å²) < 4.78 is 0.992. The zero-order valence-electron chi connectivity index (χ0n) is 9.46. The number of anilines is 2. The number of hydrogen-bond acceptors (Lipinski definition) is 3. The van der Waals surface area contributed by atoms with Gasteiger partial charge in [0.15, 0.2) is 0 Å². The van der Waals surface area contributed by atoms with E-state index in [0.29, 0.717) is 5.15 Å². The summed E-state index contributed by atoms with van der Waals surface area (Å²) in [5, 5.41) is 3.69. The Morgan fingerprint density at radius 3 is 2.71 bits per heavy atom. The molecule has 17 heavy (non-hydrogen) atoms. The van der Waals surface area contributed by atoms with E-state index in [9.17, 15) is 0 Å². The molecule has 0 aliphatic heterocycles. The molecule has 0 fully saturated rings. The Morgan fingerprint density at radius 1 is 1.24 bits per heavy atom. The highest BCUT2D eigenvalue weighted by Gasteiger charge is 2.07. The Hall–Kier alpha value is -1.13. The molecular weight excluding hydrogens is 302 g/mol. The predicted octanol–water partition coefficient (Wildman–Crippen LogP) is 4.25. The molecule has 1 heterocycles. The molecule has 3 nitrogen and oxygen atoms in total. The molecule has 88 valence electrons. The lowest BCUT2D eigenvalue weighted by atomic mass is 10.2. The van der Waals surface area contributed by atoms with Crippen molar-refractivity contribution in [1.82, 2.24) is 9.97 Å². The molecule has 0 saturated carbocycles. The minimum Gasteiger partial charge on any atom is -0.339 e. The average Bonchev–Trinajstić information content (AvgIpc) is 2.28. The van der Waals surface area contributed by atoms with Gasteiger partial charge in [-0.3, -0.25) is 0 Å². The first-order valence-electron chi connectivity index (χ1n) is 5.08. The minimum absolute atomic E-state index is 0.464. The molecule has 2 aromatic rings. The van der Waals surface area contributed by atoms with Gasteiger partial charge in [-0.1, -0.05) is 17.7 Å². The van der Waals surface area contributed by atoms with Gasteiger partial charge in [0, 0.05) is 10.0 Å². The molecule has 0 bridgehead atoms. The van der Waals surface area contributed by atoms with Gasteiger partial charge >= 0.3 is 0 Å². The Kier molecular flexibility index (Phi) is 3.64. The molecule has 0 aliphatic carbocycles. The topological polar surface area (TPSA) is 37.8 Å². The van der Waals surface area contributed by atoms with Crippen LogP contribution in [0.4, 0.5) is 11.5 Å². The van der Waals surface area contributed by atoms with Crippen LogP contribution in [0, 0.1) is 13.8 Å². The lowest BCUT2D eigenvalue weighted by molar-refractivity contribution is 1.13. The van der Waals surface area contributed by atoms with E-state index in [1.165, 1.54) is 11.9 Å². The van der Waals surface area contributed by atoms with E-state index in [4.69, 9.17) is 11.6 Å². The van der Waals surface area contributed by atoms with Crippen molar-refractivity contribution in [3.05, 3.63) is 45.3 Å². The summed E-state index contributed by atoms with van der Waals surface area (Å²) in [6.07, 6.45) is 1.44. The van der Waals surface area contributed by atoms with E-state index in [1.807, 2.05) is 32.0 Å². The van der Waals surface area contributed by atoms with Crippen LogP contribution in [0.3, 0.4) is 0 Å². The summed E-state index contributed by atoms with van der Waals surface area (Å²) in [7, 11) is 0. The largest absolute Gasteiger partial charge is 0.339 e. The Balaban J connectivity index is 2.35. The fourth-order valence-electron chi connectivity index (χ4n) is 1.40. The minimum atomic E-state index is 0.464. The second-order valence-electron chi connectivity index (χ2n) is 3.75. The lowest BCUT2D eigenvalue weighted by Gasteiger charge is -2.10. The molecule has 0 saturated heterocycles. The number of nitrogens with one attached hydrogen (secondary N) is 1. The van der Waals surface area contributed by atoms with Crippen molar-refractivity contribution in [1.29, 1.82) is 0 Å². The number of halogens is 2. The van der Waals surface area contributed by atoms with Gasteiger partial charge in [-0.05, 0) is 47.5 Å². The molecule has 1 N–H and O–H groups in total. The molecule has 0 radical (unpaired) electrons. The molecule has 0 spiro atoms. The summed E-state index contributed by atoms with van der Waals surface area (Å²) in [6.45, 7) is 3.92. The number of nitrogens with zero attached hydrogens (tertiary/aromatic N) is 2. The van der Waals surface area contributed by atoms with E-state index >= 15 is 0 Å². The van der Waals surface area contributed by atoms with E-state index < -0.39 is 0 Å². The monoisotopic (exact) mass is 311 g/mol. The first-order chi connectivity index (χ1) is 8.08. The third kappa shape index (κ3) is 2.76. The summed E-state index contributed by atoms with van der Waals surface area (Å²) in [5.41, 5.74) is 2.98. The van der Waals surface area contributed by atoms with Crippen molar-refractivity contribution in [3.8, 4) is 0 Å². The average molecular weight is 313 g/mol. The first-order valence-corrected chi connectivity index (χ1v) is 6.25. The van der Waals surface area contributed by atoms with E-state index in [-0.39, 0.29) is 0 Å². The zero-order valence-corrected chi connectivity index (χ0v) is 11.8. The van der Waals surface area contributed by atoms with E-state index in [2.05, 4.69) is 31.2 Å². The predicted molar refractivity (Wildman–Crippen MR) is 73.9 cm³/mol. The normalized spacial score (nSPS) is 10.4. The second-order valence-corrected chi connectivity index (χ2v) is 4.96. The van der Waals surface area contributed by atoms with Gasteiger partial charge in [0.2, 0.25) is 0 Å². The van der Waals surface area contributed by atoms with Gasteiger partial charge < -0.3 is 5.32 Å². The number of benzene rings is 1. The van der Waals surface area contributed by atoms with Gasteiger partial charge in [-0.25, -0.2) is 9.97 Å². The van der Waals surface area contributed by atoms with Crippen molar-refractivity contribution in [2.45, 2.75) is 13.8 Å². The third-order valence-electron chi connectivity index (χ3n) is 2.40. The maximum absolute atomic E-state index is 5.94. The van der Waals surface area contributed by atoms with Crippen LogP contribution >= 0.6 is 27.5 Å². The Labute approximate surface area is 113 Å². The van der Waals surface area contributed by atoms with Crippen molar-refractivity contribution in [2.75, 3.05) is 5.32 Å². The molecule has 0 amide bonds. The molecule has 1 aromatic carbocycles. The molecule has 5 heteroatoms. The summed E-state index contributed by atoms with van der Waals surface area (Å²) in [5.74, 6) is 0.717. The fourth-order valence-corrected chi connectivity index (χ4v) is 2.13. The van der Waals surface area contributed by atoms with Crippen LogP contribution in [0.1, 0.15) is 11.1 Å². The fraction of sp³-hybridized carbons (Fsp3) is 0.167. The molecule has 0 atom stereocenters. The van der Waals surface area contributed by atoms with Gasteiger partial charge in [-0.2, -0.15) is 0 Å². The summed E-state index contributed by atoms with van der Waals surface area (Å²) in [4.78, 5) is 8.09. The molecule has 0 aliphatic rings. The van der Waals surface area contributed by atoms with Crippen molar-refractivity contribution in [2.24, 2.45) is 0 Å². The number of aromatic nitrogens is 2. The smallest absolute Gasteiger partial charge is 0.138 e. The summed E-state index contributed by atoms with van der Waals surface area (Å²) in [6, 6.07) is 6.07. The Bertz CT molecular complexity index is 557. The van der Waals surface area contributed by atoms with Crippen LogP contribution < -0.4 is 5.32 Å². The third-order valence-corrected chi connectivity index (χ3v) is 3.44. The lowest BCUT2D eigenvalue weighted by Crippen LogP contribution is -1.98. The highest BCUT2D eigenvalue weighted by Crippen LogP contribution is 2.28. The van der Waals surface area contributed by atoms with Crippen LogP contribution in [0.25, 0.3) is 0 Å². The first kappa shape index (κ1) is 12.3. The SMILES string of the molecule is Cc1ccc(Nc2ncnc(Cl)c2C)c(Br)c1. The van der Waals surface area contributed by atoms with Crippen LogP contribution in [0.15, 0.2) is 29.0 Å². The van der Waals surface area contributed by atoms with Gasteiger partial charge in [0.25, 0.3) is 0 Å². The Morgan fingerprint density at radius 2 is 2.00 bits per heavy atom. The van der Waals surface area contributed by atoms with E-state index in [1.54, 1.807) is 0 Å². The maximum Gasteiger partial charge on any atom is 0.138 e.